The SMILES string of the molecule is O=C(O)c1cccn1CCF.O=CO. The average molecular weight is 203 g/mol. The van der Waals surface area contributed by atoms with E-state index >= 15 is 0 Å². The molecule has 2 N–H and O–H groups in total. The van der Waals surface area contributed by atoms with Crippen LogP contribution in [-0.2, 0) is 11.3 Å². The molecule has 1 aromatic heterocycles. The van der Waals surface area contributed by atoms with Gasteiger partial charge in [-0.15, -0.1) is 0 Å². The number of aryl methyl sites for hydroxylation is 1. The summed E-state index contributed by atoms with van der Waals surface area (Å²) in [7, 11) is 0. The summed E-state index contributed by atoms with van der Waals surface area (Å²) in [5.41, 5.74) is 0.127. The molecule has 0 unspecified atom stereocenters. The van der Waals surface area contributed by atoms with Crippen LogP contribution in [0, 0.1) is 0 Å². The molecule has 0 aliphatic heterocycles. The fourth-order valence-electron chi connectivity index (χ4n) is 0.894. The number of hydrogen-bond acceptors (Lipinski definition) is 2. The summed E-state index contributed by atoms with van der Waals surface area (Å²) >= 11 is 0. The van der Waals surface area contributed by atoms with Gasteiger partial charge in [-0.05, 0) is 12.1 Å². The third kappa shape index (κ3) is 3.70. The minimum Gasteiger partial charge on any atom is -0.483 e. The molecule has 6 heteroatoms. The van der Waals surface area contributed by atoms with E-state index in [1.165, 1.54) is 10.6 Å². The number of aromatic carboxylic acids is 1. The zero-order valence-corrected chi connectivity index (χ0v) is 7.26. The van der Waals surface area contributed by atoms with Crippen LogP contribution >= 0.6 is 0 Å². The first-order valence-electron chi connectivity index (χ1n) is 3.69. The van der Waals surface area contributed by atoms with Gasteiger partial charge >= 0.3 is 5.97 Å². The molecular formula is C8H10FNO4. The monoisotopic (exact) mass is 203 g/mol. The number of alkyl halides is 1. The van der Waals surface area contributed by atoms with Crippen LogP contribution in [0.15, 0.2) is 18.3 Å². The van der Waals surface area contributed by atoms with Gasteiger partial charge in [-0.2, -0.15) is 0 Å². The van der Waals surface area contributed by atoms with Crippen molar-refractivity contribution in [3.63, 3.8) is 0 Å². The van der Waals surface area contributed by atoms with Gasteiger partial charge in [0.15, 0.2) is 0 Å². The lowest BCUT2D eigenvalue weighted by Crippen LogP contribution is -2.08. The van der Waals surface area contributed by atoms with Crippen LogP contribution in [0.3, 0.4) is 0 Å². The lowest BCUT2D eigenvalue weighted by molar-refractivity contribution is -0.122. The summed E-state index contributed by atoms with van der Waals surface area (Å²) in [4.78, 5) is 18.8. The number of carbonyl (C=O) groups is 2. The Morgan fingerprint density at radius 3 is 2.64 bits per heavy atom. The van der Waals surface area contributed by atoms with Crippen LogP contribution in [0.2, 0.25) is 0 Å². The Bertz CT molecular complexity index is 297. The Kier molecular flexibility index (Phi) is 5.77. The second kappa shape index (κ2) is 6.64. The van der Waals surface area contributed by atoms with Crippen molar-refractivity contribution in [3.8, 4) is 0 Å². The van der Waals surface area contributed by atoms with Crippen LogP contribution in [0.5, 0.6) is 0 Å². The fourth-order valence-corrected chi connectivity index (χ4v) is 0.894. The van der Waals surface area contributed by atoms with Crippen LogP contribution in [0.1, 0.15) is 10.5 Å². The van der Waals surface area contributed by atoms with E-state index in [9.17, 15) is 9.18 Å². The van der Waals surface area contributed by atoms with E-state index in [-0.39, 0.29) is 18.7 Å². The van der Waals surface area contributed by atoms with Crippen molar-refractivity contribution in [2.75, 3.05) is 6.67 Å². The van der Waals surface area contributed by atoms with E-state index in [1.807, 2.05) is 0 Å². The minimum absolute atomic E-state index is 0.106. The van der Waals surface area contributed by atoms with Crippen LogP contribution in [0.4, 0.5) is 4.39 Å². The van der Waals surface area contributed by atoms with Gasteiger partial charge in [-0.25, -0.2) is 9.18 Å². The Balaban J connectivity index is 0.000000500. The van der Waals surface area contributed by atoms with Gasteiger partial charge in [0.1, 0.15) is 12.4 Å². The maximum absolute atomic E-state index is 11.8. The fraction of sp³-hybridized carbons (Fsp3) is 0.250. The highest BCUT2D eigenvalue weighted by Gasteiger charge is 2.06. The molecule has 78 valence electrons. The zero-order chi connectivity index (χ0) is 11.0. The molecule has 0 amide bonds. The van der Waals surface area contributed by atoms with Crippen LogP contribution in [0.25, 0.3) is 0 Å². The normalized spacial score (nSPS) is 8.64. The number of hydrogen-bond donors (Lipinski definition) is 2. The first-order valence-corrected chi connectivity index (χ1v) is 3.69. The Hall–Kier alpha value is -1.85. The number of carboxylic acid groups (broad SMARTS) is 2. The molecule has 0 bridgehead atoms. The van der Waals surface area contributed by atoms with Gasteiger partial charge in [0, 0.05) is 6.20 Å². The van der Waals surface area contributed by atoms with E-state index in [4.69, 9.17) is 15.0 Å². The van der Waals surface area contributed by atoms with E-state index in [0.717, 1.165) is 0 Å². The predicted octanol–water partition coefficient (Wildman–Crippen LogP) is 0.857. The van der Waals surface area contributed by atoms with Gasteiger partial charge in [-0.1, -0.05) is 0 Å². The van der Waals surface area contributed by atoms with Crippen molar-refractivity contribution in [2.45, 2.75) is 6.54 Å². The summed E-state index contributed by atoms with van der Waals surface area (Å²) < 4.78 is 13.1. The molecule has 1 aromatic rings. The summed E-state index contributed by atoms with van der Waals surface area (Å²) in [5, 5.41) is 15.4. The summed E-state index contributed by atoms with van der Waals surface area (Å²) in [6, 6.07) is 3.02. The first kappa shape index (κ1) is 12.2. The second-order valence-electron chi connectivity index (χ2n) is 2.19. The van der Waals surface area contributed by atoms with Crippen molar-refractivity contribution in [1.82, 2.24) is 4.57 Å². The third-order valence-electron chi connectivity index (χ3n) is 1.37. The van der Waals surface area contributed by atoms with Gasteiger partial charge < -0.3 is 14.8 Å². The van der Waals surface area contributed by atoms with Crippen molar-refractivity contribution in [2.24, 2.45) is 0 Å². The highest BCUT2D eigenvalue weighted by Crippen LogP contribution is 2.01. The molecule has 0 spiro atoms. The van der Waals surface area contributed by atoms with Gasteiger partial charge in [-0.3, -0.25) is 4.79 Å². The predicted molar refractivity (Wildman–Crippen MR) is 46.1 cm³/mol. The molecule has 1 heterocycles. The number of carboxylic acids is 1. The van der Waals surface area contributed by atoms with E-state index in [0.29, 0.717) is 0 Å². The van der Waals surface area contributed by atoms with Crippen molar-refractivity contribution < 1.29 is 24.2 Å². The molecule has 5 nitrogen and oxygen atoms in total. The Morgan fingerprint density at radius 1 is 1.64 bits per heavy atom. The van der Waals surface area contributed by atoms with Crippen molar-refractivity contribution in [3.05, 3.63) is 24.0 Å². The largest absolute Gasteiger partial charge is 0.483 e. The molecule has 0 aromatic carbocycles. The highest BCUT2D eigenvalue weighted by atomic mass is 19.1. The number of halogens is 1. The van der Waals surface area contributed by atoms with E-state index < -0.39 is 12.6 Å². The maximum Gasteiger partial charge on any atom is 0.352 e. The Labute approximate surface area is 79.4 Å². The molecule has 0 radical (unpaired) electrons. The summed E-state index contributed by atoms with van der Waals surface area (Å²) in [6.45, 7) is -0.691. The summed E-state index contributed by atoms with van der Waals surface area (Å²) in [6.07, 6.45) is 1.54. The third-order valence-corrected chi connectivity index (χ3v) is 1.37. The quantitative estimate of drug-likeness (QED) is 0.714. The molecule has 0 aliphatic carbocycles. The minimum atomic E-state index is -1.02. The molecule has 0 atom stereocenters. The van der Waals surface area contributed by atoms with Crippen LogP contribution in [-0.4, -0.2) is 33.9 Å². The summed E-state index contributed by atoms with van der Waals surface area (Å²) in [5.74, 6) is -1.02. The number of aromatic nitrogens is 1. The Morgan fingerprint density at radius 2 is 2.21 bits per heavy atom. The number of rotatable bonds is 3. The zero-order valence-electron chi connectivity index (χ0n) is 7.26. The molecular weight excluding hydrogens is 193 g/mol. The maximum atomic E-state index is 11.8. The molecule has 0 aliphatic rings. The van der Waals surface area contributed by atoms with Gasteiger partial charge in [0.25, 0.3) is 6.47 Å². The molecule has 0 saturated heterocycles. The van der Waals surface area contributed by atoms with E-state index in [2.05, 4.69) is 0 Å². The van der Waals surface area contributed by atoms with Crippen LogP contribution < -0.4 is 0 Å². The first-order chi connectivity index (χ1) is 6.67. The molecule has 0 saturated carbocycles. The lowest BCUT2D eigenvalue weighted by Gasteiger charge is -2.00. The van der Waals surface area contributed by atoms with Gasteiger partial charge in [0.2, 0.25) is 0 Å². The average Bonchev–Trinajstić information content (AvgIpc) is 2.54. The van der Waals surface area contributed by atoms with Gasteiger partial charge in [0.05, 0.1) is 6.54 Å². The second-order valence-corrected chi connectivity index (χ2v) is 2.19. The topological polar surface area (TPSA) is 79.5 Å². The molecule has 0 fully saturated rings. The number of nitrogens with zero attached hydrogens (tertiary/aromatic N) is 1. The molecule has 14 heavy (non-hydrogen) atoms. The molecule has 1 rings (SSSR count). The smallest absolute Gasteiger partial charge is 0.352 e. The lowest BCUT2D eigenvalue weighted by atomic mass is 10.4. The van der Waals surface area contributed by atoms with E-state index in [1.54, 1.807) is 12.3 Å². The van der Waals surface area contributed by atoms with Crippen molar-refractivity contribution in [1.29, 1.82) is 0 Å². The standard InChI is InChI=1S/C7H8FNO2.CH2O2/c8-3-5-9-4-1-2-6(9)7(10)11;2-1-3/h1-2,4H,3,5H2,(H,10,11);1H,(H,2,3). The van der Waals surface area contributed by atoms with Crippen molar-refractivity contribution >= 4 is 12.4 Å². The highest BCUT2D eigenvalue weighted by molar-refractivity contribution is 5.85.